The molecule has 3 rings (SSSR count). The van der Waals surface area contributed by atoms with Gasteiger partial charge in [-0.15, -0.1) is 10.2 Å². The van der Waals surface area contributed by atoms with Crippen molar-refractivity contribution in [3.63, 3.8) is 0 Å². The summed E-state index contributed by atoms with van der Waals surface area (Å²) in [7, 11) is 0. The number of nitrogens with one attached hydrogen (secondary N) is 1. The van der Waals surface area contributed by atoms with Crippen molar-refractivity contribution >= 4 is 5.91 Å². The van der Waals surface area contributed by atoms with E-state index in [4.69, 9.17) is 0 Å². The lowest BCUT2D eigenvalue weighted by Crippen LogP contribution is -2.32. The smallest absolute Gasteiger partial charge is 0.223 e. The third-order valence-corrected chi connectivity index (χ3v) is 4.74. The fourth-order valence-corrected chi connectivity index (χ4v) is 3.16. The predicted molar refractivity (Wildman–Crippen MR) is 96.8 cm³/mol. The summed E-state index contributed by atoms with van der Waals surface area (Å²) in [4.78, 5) is 14.3. The van der Waals surface area contributed by atoms with Gasteiger partial charge >= 0.3 is 0 Å². The quantitative estimate of drug-likeness (QED) is 0.890. The molecule has 1 N–H and O–H groups in total. The molecule has 1 aliphatic rings. The van der Waals surface area contributed by atoms with Crippen LogP contribution in [0.2, 0.25) is 0 Å². The number of rotatable bonds is 5. The van der Waals surface area contributed by atoms with Gasteiger partial charge in [-0.25, -0.2) is 4.39 Å². The number of hydrogen-bond donors (Lipinski definition) is 1. The fraction of sp³-hybridized carbons (Fsp3) is 0.526. The van der Waals surface area contributed by atoms with Gasteiger partial charge in [0.15, 0.2) is 5.82 Å². The Kier molecular flexibility index (Phi) is 5.66. The molecule has 1 aromatic carbocycles. The Labute approximate surface area is 153 Å². The van der Waals surface area contributed by atoms with Crippen LogP contribution in [0.15, 0.2) is 24.3 Å². The normalized spacial score (nSPS) is 16.2. The highest BCUT2D eigenvalue weighted by atomic mass is 19.1. The third kappa shape index (κ3) is 4.27. The fourth-order valence-electron chi connectivity index (χ4n) is 3.16. The van der Waals surface area contributed by atoms with Gasteiger partial charge < -0.3 is 9.88 Å². The highest BCUT2D eigenvalue weighted by Crippen LogP contribution is 2.17. The maximum Gasteiger partial charge on any atom is 0.223 e. The first-order valence-electron chi connectivity index (χ1n) is 9.13. The average Bonchev–Trinajstić information content (AvgIpc) is 2.92. The van der Waals surface area contributed by atoms with Crippen LogP contribution >= 0.6 is 0 Å². The van der Waals surface area contributed by atoms with Crippen molar-refractivity contribution in [1.29, 1.82) is 0 Å². The van der Waals surface area contributed by atoms with Crippen LogP contribution in [-0.2, 0) is 24.3 Å². The molecule has 1 aliphatic heterocycles. The van der Waals surface area contributed by atoms with E-state index in [2.05, 4.69) is 25.0 Å². The summed E-state index contributed by atoms with van der Waals surface area (Å²) >= 11 is 0. The molecule has 7 heteroatoms. The van der Waals surface area contributed by atoms with E-state index in [-0.39, 0.29) is 23.7 Å². The number of benzene rings is 1. The Morgan fingerprint density at radius 3 is 2.58 bits per heavy atom. The number of halogens is 1. The molecule has 0 bridgehead atoms. The minimum atomic E-state index is -0.210. The van der Waals surface area contributed by atoms with Gasteiger partial charge in [0.05, 0.1) is 6.04 Å². The van der Waals surface area contributed by atoms with Crippen LogP contribution in [0.4, 0.5) is 4.39 Å². The van der Waals surface area contributed by atoms with Crippen molar-refractivity contribution < 1.29 is 9.18 Å². The largest absolute Gasteiger partial charge is 0.346 e. The first kappa shape index (κ1) is 18.5. The van der Waals surface area contributed by atoms with Gasteiger partial charge in [0, 0.05) is 38.5 Å². The molecule has 0 saturated heterocycles. The standard InChI is InChI=1S/C19H26FN5O/c1-13(2)19(26)21-14(3)18-23-22-17-8-9-24(10-11-25(17)18)12-15-4-6-16(20)7-5-15/h4-7,13-14H,8-12H2,1-3H3,(H,21,26). The number of fused-ring (bicyclic) bond motifs is 1. The predicted octanol–water partition coefficient (Wildman–Crippen LogP) is 2.31. The van der Waals surface area contributed by atoms with E-state index in [9.17, 15) is 9.18 Å². The number of carbonyl (C=O) groups is 1. The minimum absolute atomic E-state index is 0.0152. The molecule has 0 spiro atoms. The Bertz CT molecular complexity index is 756. The molecular weight excluding hydrogens is 333 g/mol. The summed E-state index contributed by atoms with van der Waals surface area (Å²) in [5, 5.41) is 11.6. The van der Waals surface area contributed by atoms with Gasteiger partial charge in [-0.2, -0.15) is 0 Å². The Hall–Kier alpha value is -2.28. The molecule has 140 valence electrons. The van der Waals surface area contributed by atoms with Crippen LogP contribution in [0.3, 0.4) is 0 Å². The van der Waals surface area contributed by atoms with Crippen LogP contribution < -0.4 is 5.32 Å². The molecule has 26 heavy (non-hydrogen) atoms. The second-order valence-electron chi connectivity index (χ2n) is 7.16. The van der Waals surface area contributed by atoms with E-state index in [0.29, 0.717) is 0 Å². The summed E-state index contributed by atoms with van der Waals surface area (Å²) < 4.78 is 15.2. The lowest BCUT2D eigenvalue weighted by Gasteiger charge is -2.20. The Morgan fingerprint density at radius 1 is 1.15 bits per heavy atom. The van der Waals surface area contributed by atoms with Crippen molar-refractivity contribution in [1.82, 2.24) is 25.0 Å². The highest BCUT2D eigenvalue weighted by Gasteiger charge is 2.23. The van der Waals surface area contributed by atoms with Crippen LogP contribution in [0.25, 0.3) is 0 Å². The zero-order chi connectivity index (χ0) is 18.7. The van der Waals surface area contributed by atoms with Crippen LogP contribution in [-0.4, -0.2) is 38.7 Å². The summed E-state index contributed by atoms with van der Waals surface area (Å²) in [6, 6.07) is 6.48. The van der Waals surface area contributed by atoms with E-state index >= 15 is 0 Å². The molecule has 1 unspecified atom stereocenters. The maximum atomic E-state index is 13.1. The minimum Gasteiger partial charge on any atom is -0.346 e. The lowest BCUT2D eigenvalue weighted by atomic mass is 10.2. The molecule has 1 atom stereocenters. The molecule has 0 radical (unpaired) electrons. The zero-order valence-corrected chi connectivity index (χ0v) is 15.6. The second kappa shape index (κ2) is 7.95. The van der Waals surface area contributed by atoms with Crippen molar-refractivity contribution in [2.75, 3.05) is 13.1 Å². The van der Waals surface area contributed by atoms with Gasteiger partial charge in [-0.1, -0.05) is 26.0 Å². The van der Waals surface area contributed by atoms with Crippen LogP contribution in [0, 0.1) is 11.7 Å². The SMILES string of the molecule is CC(C)C(=O)NC(C)c1nnc2n1CCN(Cc1ccc(F)cc1)CC2. The summed E-state index contributed by atoms with van der Waals surface area (Å²) in [6.45, 7) is 8.99. The number of amides is 1. The lowest BCUT2D eigenvalue weighted by molar-refractivity contribution is -0.124. The summed E-state index contributed by atoms with van der Waals surface area (Å²) in [5.74, 6) is 1.50. The summed E-state index contributed by atoms with van der Waals surface area (Å²) in [5.41, 5.74) is 1.10. The van der Waals surface area contributed by atoms with Crippen LogP contribution in [0.5, 0.6) is 0 Å². The number of carbonyl (C=O) groups excluding carboxylic acids is 1. The monoisotopic (exact) mass is 359 g/mol. The highest BCUT2D eigenvalue weighted by molar-refractivity contribution is 5.78. The van der Waals surface area contributed by atoms with Crippen LogP contribution in [0.1, 0.15) is 44.0 Å². The molecule has 0 fully saturated rings. The molecule has 1 aromatic heterocycles. The van der Waals surface area contributed by atoms with Gasteiger partial charge in [0.2, 0.25) is 5.91 Å². The van der Waals surface area contributed by atoms with Gasteiger partial charge in [0.1, 0.15) is 11.6 Å². The molecule has 1 amide bonds. The zero-order valence-electron chi connectivity index (χ0n) is 15.6. The first-order valence-corrected chi connectivity index (χ1v) is 9.13. The van der Waals surface area contributed by atoms with E-state index in [1.165, 1.54) is 12.1 Å². The third-order valence-electron chi connectivity index (χ3n) is 4.74. The molecule has 0 saturated carbocycles. The van der Waals surface area contributed by atoms with Gasteiger partial charge in [0.25, 0.3) is 0 Å². The van der Waals surface area contributed by atoms with Crippen molar-refractivity contribution in [3.8, 4) is 0 Å². The Morgan fingerprint density at radius 2 is 1.88 bits per heavy atom. The van der Waals surface area contributed by atoms with Crippen molar-refractivity contribution in [2.24, 2.45) is 5.92 Å². The number of aromatic nitrogens is 3. The van der Waals surface area contributed by atoms with E-state index in [0.717, 1.165) is 49.8 Å². The molecule has 2 heterocycles. The molecule has 2 aromatic rings. The molecule has 0 aliphatic carbocycles. The topological polar surface area (TPSA) is 63.1 Å². The second-order valence-corrected chi connectivity index (χ2v) is 7.16. The van der Waals surface area contributed by atoms with Crippen molar-refractivity contribution in [2.45, 2.75) is 46.3 Å². The average molecular weight is 359 g/mol. The van der Waals surface area contributed by atoms with E-state index < -0.39 is 0 Å². The van der Waals surface area contributed by atoms with Gasteiger partial charge in [-0.05, 0) is 24.6 Å². The van der Waals surface area contributed by atoms with E-state index in [1.54, 1.807) is 0 Å². The first-order chi connectivity index (χ1) is 12.4. The number of nitrogens with zero attached hydrogens (tertiary/aromatic N) is 4. The maximum absolute atomic E-state index is 13.1. The van der Waals surface area contributed by atoms with Gasteiger partial charge in [-0.3, -0.25) is 9.69 Å². The van der Waals surface area contributed by atoms with E-state index in [1.807, 2.05) is 32.9 Å². The van der Waals surface area contributed by atoms with Crippen molar-refractivity contribution in [3.05, 3.63) is 47.3 Å². The molecule has 6 nitrogen and oxygen atoms in total. The molecular formula is C19H26FN5O. The Balaban J connectivity index is 1.65. The summed E-state index contributed by atoms with van der Waals surface area (Å²) in [6.07, 6.45) is 0.805. The number of hydrogen-bond acceptors (Lipinski definition) is 4.